The largest absolute Gasteiger partial charge is 0.457 e. The average Bonchev–Trinajstić information content (AvgIpc) is 2.62. The highest BCUT2D eigenvalue weighted by molar-refractivity contribution is 7.86. The number of aryl methyl sites for hydroxylation is 1. The van der Waals surface area contributed by atoms with Crippen LogP contribution in [0.5, 0.6) is 11.5 Å². The van der Waals surface area contributed by atoms with Gasteiger partial charge in [-0.15, -0.1) is 0 Å². The van der Waals surface area contributed by atoms with Gasteiger partial charge >= 0.3 is 0 Å². The van der Waals surface area contributed by atoms with E-state index in [2.05, 4.69) is 0 Å². The zero-order valence-electron chi connectivity index (χ0n) is 13.5. The summed E-state index contributed by atoms with van der Waals surface area (Å²) < 4.78 is 37.1. The van der Waals surface area contributed by atoms with Gasteiger partial charge in [0.05, 0.1) is 4.90 Å². The first-order valence-corrected chi connectivity index (χ1v) is 9.31. The normalized spacial score (nSPS) is 13.6. The number of hydrogen-bond donors (Lipinski definition) is 0. The van der Waals surface area contributed by atoms with E-state index in [-0.39, 0.29) is 4.90 Å². The van der Waals surface area contributed by atoms with Crippen LogP contribution in [-0.2, 0) is 14.3 Å². The molecule has 4 rings (SSSR count). The molecule has 0 fully saturated rings. The first kappa shape index (κ1) is 15.9. The minimum atomic E-state index is -3.92. The van der Waals surface area contributed by atoms with Crippen LogP contribution >= 0.6 is 0 Å². The summed E-state index contributed by atoms with van der Waals surface area (Å²) >= 11 is 0. The van der Waals surface area contributed by atoms with Crippen molar-refractivity contribution in [2.45, 2.75) is 17.9 Å². The quantitative estimate of drug-likeness (QED) is 0.647. The van der Waals surface area contributed by atoms with Crippen LogP contribution in [0.15, 0.2) is 77.7 Å². The van der Waals surface area contributed by atoms with Gasteiger partial charge in [0.2, 0.25) is 0 Å². The molecule has 4 nitrogen and oxygen atoms in total. The zero-order valence-corrected chi connectivity index (χ0v) is 14.4. The van der Waals surface area contributed by atoms with Gasteiger partial charge in [-0.3, -0.25) is 4.18 Å². The molecule has 0 atom stereocenters. The lowest BCUT2D eigenvalue weighted by atomic mass is 9.97. The van der Waals surface area contributed by atoms with Crippen molar-refractivity contribution in [3.8, 4) is 11.5 Å². The van der Waals surface area contributed by atoms with E-state index in [9.17, 15) is 8.42 Å². The highest BCUT2D eigenvalue weighted by Crippen LogP contribution is 2.45. The molecule has 1 heterocycles. The Hall–Kier alpha value is -2.63. The van der Waals surface area contributed by atoms with Crippen molar-refractivity contribution >= 4 is 10.1 Å². The van der Waals surface area contributed by atoms with Crippen LogP contribution < -0.4 is 4.74 Å². The maximum Gasteiger partial charge on any atom is 0.297 e. The van der Waals surface area contributed by atoms with Crippen LogP contribution in [0.2, 0.25) is 0 Å². The van der Waals surface area contributed by atoms with Crippen LogP contribution in [0.3, 0.4) is 0 Å². The lowest BCUT2D eigenvalue weighted by molar-refractivity contribution is 0.234. The van der Waals surface area contributed by atoms with Crippen molar-refractivity contribution in [1.29, 1.82) is 0 Å². The van der Waals surface area contributed by atoms with E-state index in [0.29, 0.717) is 22.6 Å². The number of benzene rings is 3. The molecule has 3 aromatic rings. The van der Waals surface area contributed by atoms with Crippen LogP contribution in [0.1, 0.15) is 22.8 Å². The Labute approximate surface area is 146 Å². The molecule has 1 aliphatic rings. The fraction of sp³-hybridized carbons (Fsp3) is 0.100. The standard InChI is InChI=1S/C20H16O4S/c1-14-10-12-15(13-11-14)25(21,22)24-20-16-6-2-4-8-18(16)23-19-9-5-3-7-17(19)20/h2-13,20H,1H3. The van der Waals surface area contributed by atoms with Crippen LogP contribution in [0.25, 0.3) is 0 Å². The van der Waals surface area contributed by atoms with Gasteiger partial charge in [0.25, 0.3) is 10.1 Å². The van der Waals surface area contributed by atoms with Gasteiger partial charge in [-0.2, -0.15) is 8.42 Å². The maximum atomic E-state index is 12.8. The monoisotopic (exact) mass is 352 g/mol. The summed E-state index contributed by atoms with van der Waals surface area (Å²) in [6.07, 6.45) is -0.743. The molecular weight excluding hydrogens is 336 g/mol. The Morgan fingerprint density at radius 2 is 1.32 bits per heavy atom. The van der Waals surface area contributed by atoms with Gasteiger partial charge in [0, 0.05) is 11.1 Å². The number of para-hydroxylation sites is 2. The lowest BCUT2D eigenvalue weighted by Crippen LogP contribution is -2.17. The van der Waals surface area contributed by atoms with Crippen LogP contribution in [0, 0.1) is 6.92 Å². The maximum absolute atomic E-state index is 12.8. The highest BCUT2D eigenvalue weighted by Gasteiger charge is 2.32. The van der Waals surface area contributed by atoms with E-state index in [4.69, 9.17) is 8.92 Å². The van der Waals surface area contributed by atoms with Crippen LogP contribution in [-0.4, -0.2) is 8.42 Å². The topological polar surface area (TPSA) is 52.6 Å². The lowest BCUT2D eigenvalue weighted by Gasteiger charge is -2.27. The molecule has 0 saturated carbocycles. The summed E-state index contributed by atoms with van der Waals surface area (Å²) in [4.78, 5) is 0.138. The first-order chi connectivity index (χ1) is 12.0. The van der Waals surface area contributed by atoms with Gasteiger partial charge in [0.1, 0.15) is 17.6 Å². The number of ether oxygens (including phenoxy) is 1. The Bertz CT molecular complexity index is 978. The van der Waals surface area contributed by atoms with E-state index in [0.717, 1.165) is 5.56 Å². The van der Waals surface area contributed by atoms with E-state index in [1.807, 2.05) is 43.3 Å². The van der Waals surface area contributed by atoms with Crippen molar-refractivity contribution in [3.05, 3.63) is 89.5 Å². The molecule has 0 unspecified atom stereocenters. The third-order valence-electron chi connectivity index (χ3n) is 4.16. The first-order valence-electron chi connectivity index (χ1n) is 7.90. The SMILES string of the molecule is Cc1ccc(S(=O)(=O)OC2c3ccccc3Oc3ccccc32)cc1. The number of hydrogen-bond acceptors (Lipinski definition) is 4. The molecule has 0 saturated heterocycles. The van der Waals surface area contributed by atoms with Crippen molar-refractivity contribution in [3.63, 3.8) is 0 Å². The predicted molar refractivity (Wildman–Crippen MR) is 94.3 cm³/mol. The molecule has 126 valence electrons. The Kier molecular flexibility index (Phi) is 3.82. The molecule has 3 aromatic carbocycles. The fourth-order valence-corrected chi connectivity index (χ4v) is 3.90. The van der Waals surface area contributed by atoms with Crippen molar-refractivity contribution in [2.75, 3.05) is 0 Å². The Morgan fingerprint density at radius 1 is 0.800 bits per heavy atom. The number of rotatable bonds is 3. The second-order valence-electron chi connectivity index (χ2n) is 5.92. The van der Waals surface area contributed by atoms with Gasteiger partial charge in [0.15, 0.2) is 0 Å². The van der Waals surface area contributed by atoms with E-state index in [1.165, 1.54) is 0 Å². The molecular formula is C20H16O4S. The minimum absolute atomic E-state index is 0.138. The van der Waals surface area contributed by atoms with E-state index in [1.54, 1.807) is 36.4 Å². The molecule has 0 aromatic heterocycles. The summed E-state index contributed by atoms with van der Waals surface area (Å²) in [6.45, 7) is 1.90. The highest BCUT2D eigenvalue weighted by atomic mass is 32.2. The van der Waals surface area contributed by atoms with Crippen molar-refractivity contribution in [1.82, 2.24) is 0 Å². The van der Waals surface area contributed by atoms with Crippen molar-refractivity contribution < 1.29 is 17.3 Å². The molecule has 0 spiro atoms. The second kappa shape index (κ2) is 6.02. The third-order valence-corrected chi connectivity index (χ3v) is 5.45. The summed E-state index contributed by atoms with van der Waals surface area (Å²) in [5.41, 5.74) is 2.37. The fourth-order valence-electron chi connectivity index (χ4n) is 2.86. The molecule has 0 radical (unpaired) electrons. The van der Waals surface area contributed by atoms with E-state index < -0.39 is 16.2 Å². The molecule has 5 heteroatoms. The number of fused-ring (bicyclic) bond motifs is 2. The summed E-state index contributed by atoms with van der Waals surface area (Å²) in [5.74, 6) is 1.20. The molecule has 0 amide bonds. The summed E-state index contributed by atoms with van der Waals surface area (Å²) in [7, 11) is -3.92. The van der Waals surface area contributed by atoms with Gasteiger partial charge < -0.3 is 4.74 Å². The van der Waals surface area contributed by atoms with Gasteiger partial charge in [-0.25, -0.2) is 0 Å². The molecule has 25 heavy (non-hydrogen) atoms. The molecule has 1 aliphatic heterocycles. The second-order valence-corrected chi connectivity index (χ2v) is 7.49. The molecule has 0 aliphatic carbocycles. The predicted octanol–water partition coefficient (Wildman–Crippen LogP) is 4.60. The van der Waals surface area contributed by atoms with Crippen LogP contribution in [0.4, 0.5) is 0 Å². The smallest absolute Gasteiger partial charge is 0.297 e. The Balaban J connectivity index is 1.79. The van der Waals surface area contributed by atoms with Crippen molar-refractivity contribution in [2.24, 2.45) is 0 Å². The zero-order chi connectivity index (χ0) is 17.4. The summed E-state index contributed by atoms with van der Waals surface area (Å²) in [5, 5.41) is 0. The average molecular weight is 352 g/mol. The molecule has 0 bridgehead atoms. The minimum Gasteiger partial charge on any atom is -0.457 e. The third kappa shape index (κ3) is 2.92. The summed E-state index contributed by atoms with van der Waals surface area (Å²) in [6, 6.07) is 21.2. The van der Waals surface area contributed by atoms with Gasteiger partial charge in [-0.1, -0.05) is 54.1 Å². The van der Waals surface area contributed by atoms with E-state index >= 15 is 0 Å². The van der Waals surface area contributed by atoms with Gasteiger partial charge in [-0.05, 0) is 31.2 Å². The Morgan fingerprint density at radius 3 is 1.88 bits per heavy atom. The molecule has 0 N–H and O–H groups in total.